The van der Waals surface area contributed by atoms with E-state index < -0.39 is 34.6 Å². The molecule has 40 heavy (non-hydrogen) atoms. The number of anilines is 1. The normalized spacial score (nSPS) is 31.7. The number of aliphatic hydroxyl groups is 1. The number of rotatable bonds is 7. The minimum Gasteiger partial charge on any atom is -0.494 e. The van der Waals surface area contributed by atoms with Gasteiger partial charge < -0.3 is 29.3 Å². The Morgan fingerprint density at radius 3 is 2.30 bits per heavy atom. The van der Waals surface area contributed by atoms with Gasteiger partial charge in [0.2, 0.25) is 17.7 Å². The van der Waals surface area contributed by atoms with E-state index in [0.29, 0.717) is 44.0 Å². The molecule has 4 aliphatic rings. The standard InChI is InChI=1S/C31H41N3O6/c1-6-30-15-8-17-32(21-11-13-22(14-12-21)39-7-2)26(36)23(30)24-27(37)33(18-10-20-35)25-28(38)34(29(3,4)5)19-9-16-31(24,25)40-30/h8-9,11-16,23-25,35H,6-7,10,17-20H2,1-5H3/t23-,24-,25?,30+,31-/m0/s1. The van der Waals surface area contributed by atoms with Crippen LogP contribution in [0.2, 0.25) is 0 Å². The van der Waals surface area contributed by atoms with Gasteiger partial charge in [0.15, 0.2) is 0 Å². The number of likely N-dealkylation sites (tertiary alicyclic amines) is 1. The summed E-state index contributed by atoms with van der Waals surface area (Å²) >= 11 is 0. The third-order valence-electron chi connectivity index (χ3n) is 8.77. The molecule has 1 N–H and O–H groups in total. The van der Waals surface area contributed by atoms with Gasteiger partial charge in [-0.15, -0.1) is 0 Å². The molecule has 1 aromatic carbocycles. The van der Waals surface area contributed by atoms with Crippen molar-refractivity contribution in [2.45, 2.75) is 70.2 Å². The van der Waals surface area contributed by atoms with E-state index in [1.807, 2.05) is 83.2 Å². The molecule has 2 fully saturated rings. The number of hydrogen-bond acceptors (Lipinski definition) is 6. The van der Waals surface area contributed by atoms with Gasteiger partial charge in [0.1, 0.15) is 17.4 Å². The zero-order valence-electron chi connectivity index (χ0n) is 24.1. The van der Waals surface area contributed by atoms with E-state index in [9.17, 15) is 19.5 Å². The summed E-state index contributed by atoms with van der Waals surface area (Å²) in [5, 5.41) is 9.62. The topological polar surface area (TPSA) is 99.6 Å². The van der Waals surface area contributed by atoms with E-state index in [1.54, 1.807) is 14.7 Å². The van der Waals surface area contributed by atoms with E-state index in [2.05, 4.69) is 0 Å². The summed E-state index contributed by atoms with van der Waals surface area (Å²) in [4.78, 5) is 48.2. The smallest absolute Gasteiger partial charge is 0.249 e. The summed E-state index contributed by atoms with van der Waals surface area (Å²) in [7, 11) is 0. The lowest BCUT2D eigenvalue weighted by molar-refractivity contribution is -0.155. The predicted molar refractivity (Wildman–Crippen MR) is 151 cm³/mol. The van der Waals surface area contributed by atoms with Crippen molar-refractivity contribution in [3.8, 4) is 5.75 Å². The molecule has 2 saturated heterocycles. The predicted octanol–water partition coefficient (Wildman–Crippen LogP) is 2.93. The first kappa shape index (κ1) is 28.4. The largest absolute Gasteiger partial charge is 0.494 e. The molecule has 5 rings (SSSR count). The molecule has 1 unspecified atom stereocenters. The van der Waals surface area contributed by atoms with Crippen LogP contribution in [0.5, 0.6) is 5.75 Å². The van der Waals surface area contributed by atoms with Gasteiger partial charge in [-0.2, -0.15) is 0 Å². The van der Waals surface area contributed by atoms with Gasteiger partial charge in [0.25, 0.3) is 0 Å². The van der Waals surface area contributed by atoms with E-state index in [4.69, 9.17) is 9.47 Å². The Hall–Kier alpha value is -3.17. The van der Waals surface area contributed by atoms with Gasteiger partial charge in [0.05, 0.1) is 24.0 Å². The Balaban J connectivity index is 1.62. The Morgan fingerprint density at radius 1 is 0.975 bits per heavy atom. The fourth-order valence-electron chi connectivity index (χ4n) is 6.97. The monoisotopic (exact) mass is 551 g/mol. The SMILES string of the molecule is CCOc1ccc(N2CC=C[C@@]3(CC)O[C@]45C=CCN(C(C)(C)C)C(=O)C4N(CCCO)C(=O)[C@@H]5[C@H]3C2=O)cc1. The lowest BCUT2D eigenvalue weighted by Gasteiger charge is -2.41. The van der Waals surface area contributed by atoms with Crippen molar-refractivity contribution in [3.05, 3.63) is 48.6 Å². The highest BCUT2D eigenvalue weighted by Crippen LogP contribution is 2.58. The fourth-order valence-corrected chi connectivity index (χ4v) is 6.97. The Morgan fingerprint density at radius 2 is 1.68 bits per heavy atom. The maximum absolute atomic E-state index is 14.5. The number of amides is 3. The van der Waals surface area contributed by atoms with Gasteiger partial charge in [-0.25, -0.2) is 0 Å². The maximum Gasteiger partial charge on any atom is 0.249 e. The molecular formula is C31H41N3O6. The van der Waals surface area contributed by atoms with Crippen molar-refractivity contribution in [1.82, 2.24) is 9.80 Å². The molecule has 0 aromatic heterocycles. The first-order valence-electron chi connectivity index (χ1n) is 14.4. The van der Waals surface area contributed by atoms with E-state index >= 15 is 0 Å². The van der Waals surface area contributed by atoms with Gasteiger partial charge in [-0.05, 0) is 64.8 Å². The highest BCUT2D eigenvalue weighted by atomic mass is 16.5. The van der Waals surface area contributed by atoms with Crippen molar-refractivity contribution in [2.24, 2.45) is 11.8 Å². The summed E-state index contributed by atoms with van der Waals surface area (Å²) < 4.78 is 12.6. The summed E-state index contributed by atoms with van der Waals surface area (Å²) in [6.45, 7) is 11.1. The van der Waals surface area contributed by atoms with Gasteiger partial charge in [-0.3, -0.25) is 14.4 Å². The molecule has 9 heteroatoms. The molecule has 1 spiro atoms. The van der Waals surface area contributed by atoms with Crippen LogP contribution in [-0.4, -0.2) is 88.3 Å². The average molecular weight is 552 g/mol. The van der Waals surface area contributed by atoms with Crippen LogP contribution in [0.15, 0.2) is 48.6 Å². The first-order valence-corrected chi connectivity index (χ1v) is 14.4. The highest BCUT2D eigenvalue weighted by molar-refractivity contribution is 6.04. The summed E-state index contributed by atoms with van der Waals surface area (Å²) in [6, 6.07) is 6.45. The molecular weight excluding hydrogens is 510 g/mol. The van der Waals surface area contributed by atoms with Crippen molar-refractivity contribution in [2.75, 3.05) is 37.7 Å². The van der Waals surface area contributed by atoms with E-state index in [0.717, 1.165) is 0 Å². The highest BCUT2D eigenvalue weighted by Gasteiger charge is 2.75. The first-order chi connectivity index (χ1) is 19.0. The lowest BCUT2D eigenvalue weighted by Crippen LogP contribution is -2.59. The van der Waals surface area contributed by atoms with Crippen molar-refractivity contribution in [3.63, 3.8) is 0 Å². The van der Waals surface area contributed by atoms with Gasteiger partial charge in [0, 0.05) is 37.5 Å². The zero-order valence-corrected chi connectivity index (χ0v) is 24.1. The third-order valence-corrected chi connectivity index (χ3v) is 8.77. The number of carbonyl (C=O) groups excluding carboxylic acids is 3. The molecule has 0 radical (unpaired) electrons. The fraction of sp³-hybridized carbons (Fsp3) is 0.581. The summed E-state index contributed by atoms with van der Waals surface area (Å²) in [5.74, 6) is -1.66. The number of carbonyl (C=O) groups is 3. The van der Waals surface area contributed by atoms with Crippen LogP contribution < -0.4 is 9.64 Å². The molecule has 5 atom stereocenters. The maximum atomic E-state index is 14.5. The summed E-state index contributed by atoms with van der Waals surface area (Å²) in [6.07, 6.45) is 8.44. The molecule has 0 bridgehead atoms. The second kappa shape index (κ2) is 10.3. The van der Waals surface area contributed by atoms with Crippen LogP contribution in [0.4, 0.5) is 5.69 Å². The third kappa shape index (κ3) is 4.25. The number of aliphatic hydroxyl groups excluding tert-OH is 1. The Labute approximate surface area is 236 Å². The molecule has 9 nitrogen and oxygen atoms in total. The minimum atomic E-state index is -1.30. The van der Waals surface area contributed by atoms with Gasteiger partial charge >= 0.3 is 0 Å². The second-order valence-corrected chi connectivity index (χ2v) is 12.0. The van der Waals surface area contributed by atoms with Crippen molar-refractivity contribution >= 4 is 23.4 Å². The van der Waals surface area contributed by atoms with E-state index in [-0.39, 0.29) is 30.9 Å². The number of fused-ring (bicyclic) bond motifs is 2. The minimum absolute atomic E-state index is 0.114. The molecule has 4 aliphatic heterocycles. The molecule has 0 saturated carbocycles. The molecule has 0 aliphatic carbocycles. The average Bonchev–Trinajstić information content (AvgIpc) is 3.19. The quantitative estimate of drug-likeness (QED) is 0.524. The molecule has 3 amide bonds. The molecule has 4 heterocycles. The van der Waals surface area contributed by atoms with Crippen LogP contribution in [-0.2, 0) is 19.1 Å². The van der Waals surface area contributed by atoms with Crippen molar-refractivity contribution < 1.29 is 29.0 Å². The number of benzene rings is 1. The lowest BCUT2D eigenvalue weighted by atomic mass is 9.73. The summed E-state index contributed by atoms with van der Waals surface area (Å²) in [5.41, 5.74) is -2.12. The number of ether oxygens (including phenoxy) is 2. The van der Waals surface area contributed by atoms with Crippen LogP contribution in [0.3, 0.4) is 0 Å². The Bertz CT molecular complexity index is 1220. The van der Waals surface area contributed by atoms with Crippen molar-refractivity contribution in [1.29, 1.82) is 0 Å². The second-order valence-electron chi connectivity index (χ2n) is 12.0. The van der Waals surface area contributed by atoms with E-state index in [1.165, 1.54) is 0 Å². The van der Waals surface area contributed by atoms with Gasteiger partial charge in [-0.1, -0.05) is 31.2 Å². The number of hydrogen-bond donors (Lipinski definition) is 1. The van der Waals surface area contributed by atoms with Crippen LogP contribution in [0.25, 0.3) is 0 Å². The van der Waals surface area contributed by atoms with Crippen LogP contribution in [0, 0.1) is 11.8 Å². The zero-order chi connectivity index (χ0) is 28.9. The van der Waals surface area contributed by atoms with Crippen LogP contribution in [0.1, 0.15) is 47.5 Å². The Kier molecular flexibility index (Phi) is 7.33. The molecule has 1 aromatic rings. The number of nitrogens with zero attached hydrogens (tertiary/aromatic N) is 3. The van der Waals surface area contributed by atoms with Crippen LogP contribution >= 0.6 is 0 Å². The molecule has 216 valence electrons.